The summed E-state index contributed by atoms with van der Waals surface area (Å²) in [5.74, 6) is 1.23. The predicted octanol–water partition coefficient (Wildman–Crippen LogP) is 2.12. The highest BCUT2D eigenvalue weighted by atomic mass is 32.1. The molecule has 0 aliphatic heterocycles. The lowest BCUT2D eigenvalue weighted by atomic mass is 10.4. The molecule has 5 nitrogen and oxygen atoms in total. The van der Waals surface area contributed by atoms with Crippen molar-refractivity contribution < 1.29 is 4.74 Å². The maximum atomic E-state index is 4.99. The van der Waals surface area contributed by atoms with Gasteiger partial charge in [0.05, 0.1) is 26.0 Å². The van der Waals surface area contributed by atoms with E-state index >= 15 is 0 Å². The third-order valence-electron chi connectivity index (χ3n) is 2.21. The molecule has 2 aromatic heterocycles. The van der Waals surface area contributed by atoms with Crippen LogP contribution < -0.4 is 10.1 Å². The Bertz CT molecular complexity index is 469. The van der Waals surface area contributed by atoms with Gasteiger partial charge in [-0.2, -0.15) is 0 Å². The lowest BCUT2D eigenvalue weighted by Gasteiger charge is -2.02. The quantitative estimate of drug-likeness (QED) is 0.880. The van der Waals surface area contributed by atoms with Gasteiger partial charge in [-0.25, -0.2) is 15.0 Å². The molecule has 0 saturated heterocycles. The summed E-state index contributed by atoms with van der Waals surface area (Å²) in [7, 11) is 1.59. The van der Waals surface area contributed by atoms with Crippen LogP contribution in [-0.2, 0) is 13.0 Å². The standard InChI is InChI=1S/C11H14N4OS/c1-3-9-6-12-10(17-9)7-15-11-13-4-8(16-2)5-14-11/h4-6H,3,7H2,1-2H3,(H,13,14,15). The molecule has 0 aliphatic carbocycles. The molecule has 2 heterocycles. The van der Waals surface area contributed by atoms with Crippen LogP contribution in [0.2, 0.25) is 0 Å². The van der Waals surface area contributed by atoms with Gasteiger partial charge in [0.25, 0.3) is 0 Å². The van der Waals surface area contributed by atoms with Gasteiger partial charge in [-0.15, -0.1) is 11.3 Å². The van der Waals surface area contributed by atoms with E-state index in [9.17, 15) is 0 Å². The lowest BCUT2D eigenvalue weighted by Crippen LogP contribution is -2.02. The zero-order chi connectivity index (χ0) is 12.1. The molecule has 17 heavy (non-hydrogen) atoms. The molecule has 0 aliphatic rings. The third kappa shape index (κ3) is 3.13. The number of ether oxygens (including phenoxy) is 1. The molecule has 1 N–H and O–H groups in total. The molecule has 90 valence electrons. The Hall–Kier alpha value is -1.69. The number of methoxy groups -OCH3 is 1. The monoisotopic (exact) mass is 250 g/mol. The number of hydrogen-bond donors (Lipinski definition) is 1. The summed E-state index contributed by atoms with van der Waals surface area (Å²) in [5, 5.41) is 4.16. The molecule has 0 saturated carbocycles. The first-order valence-electron chi connectivity index (χ1n) is 5.35. The van der Waals surface area contributed by atoms with Gasteiger partial charge in [0.1, 0.15) is 5.01 Å². The number of aryl methyl sites for hydroxylation is 1. The van der Waals surface area contributed by atoms with Crippen LogP contribution in [0.25, 0.3) is 0 Å². The smallest absolute Gasteiger partial charge is 0.223 e. The van der Waals surface area contributed by atoms with Crippen molar-refractivity contribution in [2.24, 2.45) is 0 Å². The zero-order valence-electron chi connectivity index (χ0n) is 9.80. The highest BCUT2D eigenvalue weighted by Gasteiger charge is 2.01. The molecule has 0 atom stereocenters. The van der Waals surface area contributed by atoms with E-state index < -0.39 is 0 Å². The van der Waals surface area contributed by atoms with Gasteiger partial charge in [0, 0.05) is 11.1 Å². The van der Waals surface area contributed by atoms with Gasteiger partial charge in [-0.3, -0.25) is 0 Å². The van der Waals surface area contributed by atoms with Crippen molar-refractivity contribution in [1.82, 2.24) is 15.0 Å². The topological polar surface area (TPSA) is 59.9 Å². The molecule has 2 rings (SSSR count). The third-order valence-corrected chi connectivity index (χ3v) is 3.35. The van der Waals surface area contributed by atoms with Crippen LogP contribution in [0.5, 0.6) is 5.75 Å². The fraction of sp³-hybridized carbons (Fsp3) is 0.364. The van der Waals surface area contributed by atoms with Crippen LogP contribution in [-0.4, -0.2) is 22.1 Å². The highest BCUT2D eigenvalue weighted by molar-refractivity contribution is 7.11. The molecule has 0 unspecified atom stereocenters. The minimum Gasteiger partial charge on any atom is -0.494 e. The average Bonchev–Trinajstić information content (AvgIpc) is 2.85. The number of aromatic nitrogens is 3. The molecule has 0 fully saturated rings. The Morgan fingerprint density at radius 3 is 2.59 bits per heavy atom. The van der Waals surface area contributed by atoms with E-state index in [1.54, 1.807) is 30.8 Å². The van der Waals surface area contributed by atoms with E-state index in [0.29, 0.717) is 18.2 Å². The summed E-state index contributed by atoms with van der Waals surface area (Å²) >= 11 is 1.71. The molecular weight excluding hydrogens is 236 g/mol. The van der Waals surface area contributed by atoms with Crippen molar-refractivity contribution in [2.75, 3.05) is 12.4 Å². The fourth-order valence-corrected chi connectivity index (χ4v) is 2.06. The first-order valence-corrected chi connectivity index (χ1v) is 6.17. The number of hydrogen-bond acceptors (Lipinski definition) is 6. The van der Waals surface area contributed by atoms with Crippen LogP contribution in [0, 0.1) is 0 Å². The summed E-state index contributed by atoms with van der Waals surface area (Å²) in [6, 6.07) is 0. The summed E-state index contributed by atoms with van der Waals surface area (Å²) < 4.78 is 4.99. The van der Waals surface area contributed by atoms with Gasteiger partial charge in [-0.05, 0) is 6.42 Å². The van der Waals surface area contributed by atoms with Crippen LogP contribution in [0.15, 0.2) is 18.6 Å². The Labute approximate surface area is 104 Å². The molecule has 0 spiro atoms. The number of nitrogens with one attached hydrogen (secondary N) is 1. The van der Waals surface area contributed by atoms with Crippen molar-refractivity contribution in [1.29, 1.82) is 0 Å². The molecule has 0 bridgehead atoms. The normalized spacial score (nSPS) is 10.2. The van der Waals surface area contributed by atoms with Crippen LogP contribution in [0.1, 0.15) is 16.8 Å². The maximum Gasteiger partial charge on any atom is 0.223 e. The molecule has 0 amide bonds. The largest absolute Gasteiger partial charge is 0.494 e. The van der Waals surface area contributed by atoms with E-state index in [0.717, 1.165) is 11.4 Å². The zero-order valence-corrected chi connectivity index (χ0v) is 10.6. The second-order valence-corrected chi connectivity index (χ2v) is 4.57. The summed E-state index contributed by atoms with van der Waals surface area (Å²) in [6.07, 6.45) is 6.20. The van der Waals surface area contributed by atoms with Crippen molar-refractivity contribution in [3.05, 3.63) is 28.5 Å². The van der Waals surface area contributed by atoms with Crippen LogP contribution >= 0.6 is 11.3 Å². The summed E-state index contributed by atoms with van der Waals surface area (Å²) in [4.78, 5) is 13.8. The molecule has 6 heteroatoms. The minimum atomic E-state index is 0.582. The molecular formula is C11H14N4OS. The summed E-state index contributed by atoms with van der Waals surface area (Å²) in [6.45, 7) is 2.77. The molecule has 0 aromatic carbocycles. The lowest BCUT2D eigenvalue weighted by molar-refractivity contribution is 0.411. The van der Waals surface area contributed by atoms with Crippen molar-refractivity contribution in [3.8, 4) is 5.75 Å². The maximum absolute atomic E-state index is 4.99. The van der Waals surface area contributed by atoms with E-state index in [1.165, 1.54) is 4.88 Å². The Kier molecular flexibility index (Phi) is 3.87. The SMILES string of the molecule is CCc1cnc(CNc2ncc(OC)cn2)s1. The van der Waals surface area contributed by atoms with Gasteiger partial charge in [-0.1, -0.05) is 6.92 Å². The van der Waals surface area contributed by atoms with E-state index in [4.69, 9.17) is 4.74 Å². The number of thiazole rings is 1. The van der Waals surface area contributed by atoms with E-state index in [-0.39, 0.29) is 0 Å². The first-order chi connectivity index (χ1) is 8.31. The minimum absolute atomic E-state index is 0.582. The number of rotatable bonds is 5. The first kappa shape index (κ1) is 11.8. The number of nitrogens with zero attached hydrogens (tertiary/aromatic N) is 3. The second-order valence-electron chi connectivity index (χ2n) is 3.37. The molecule has 0 radical (unpaired) electrons. The van der Waals surface area contributed by atoms with Crippen molar-refractivity contribution >= 4 is 17.3 Å². The Balaban J connectivity index is 1.92. The number of anilines is 1. The van der Waals surface area contributed by atoms with Gasteiger partial charge in [0.2, 0.25) is 5.95 Å². The van der Waals surface area contributed by atoms with Crippen molar-refractivity contribution in [3.63, 3.8) is 0 Å². The van der Waals surface area contributed by atoms with Crippen LogP contribution in [0.3, 0.4) is 0 Å². The Morgan fingerprint density at radius 1 is 1.24 bits per heavy atom. The Morgan fingerprint density at radius 2 is 2.00 bits per heavy atom. The second kappa shape index (κ2) is 5.58. The fourth-order valence-electron chi connectivity index (χ4n) is 1.26. The highest BCUT2D eigenvalue weighted by Crippen LogP contribution is 2.14. The van der Waals surface area contributed by atoms with Crippen LogP contribution in [0.4, 0.5) is 5.95 Å². The van der Waals surface area contributed by atoms with Gasteiger partial charge < -0.3 is 10.1 Å². The average molecular weight is 250 g/mol. The summed E-state index contributed by atoms with van der Waals surface area (Å²) in [5.41, 5.74) is 0. The van der Waals surface area contributed by atoms with Gasteiger partial charge >= 0.3 is 0 Å². The van der Waals surface area contributed by atoms with E-state index in [1.807, 2.05) is 6.20 Å². The van der Waals surface area contributed by atoms with Crippen molar-refractivity contribution in [2.45, 2.75) is 19.9 Å². The van der Waals surface area contributed by atoms with E-state index in [2.05, 4.69) is 27.2 Å². The van der Waals surface area contributed by atoms with Gasteiger partial charge in [0.15, 0.2) is 5.75 Å². The predicted molar refractivity (Wildman–Crippen MR) is 67.4 cm³/mol. The molecule has 2 aromatic rings.